The van der Waals surface area contributed by atoms with E-state index >= 15 is 0 Å². The summed E-state index contributed by atoms with van der Waals surface area (Å²) in [5.41, 5.74) is 8.24. The Morgan fingerprint density at radius 1 is 0.255 bits per heavy atom. The molecular formula is C46H31N. The maximum Gasteiger partial charge on any atom is 0.0540 e. The highest BCUT2D eigenvalue weighted by Gasteiger charge is 2.17. The quantitative estimate of drug-likeness (QED) is 0.178. The van der Waals surface area contributed by atoms with Gasteiger partial charge in [0.05, 0.1) is 5.69 Å². The average molecular weight is 598 g/mol. The van der Waals surface area contributed by atoms with Gasteiger partial charge in [0.2, 0.25) is 0 Å². The molecule has 0 aliphatic rings. The minimum Gasteiger partial charge on any atom is -0.310 e. The number of anilines is 3. The lowest BCUT2D eigenvalue weighted by molar-refractivity contribution is 1.30. The highest BCUT2D eigenvalue weighted by atomic mass is 15.1. The van der Waals surface area contributed by atoms with Crippen molar-refractivity contribution in [1.82, 2.24) is 0 Å². The highest BCUT2D eigenvalue weighted by molar-refractivity contribution is 6.19. The summed E-state index contributed by atoms with van der Waals surface area (Å²) in [5.74, 6) is 0. The summed E-state index contributed by atoms with van der Waals surface area (Å²) in [6.45, 7) is 0. The van der Waals surface area contributed by atoms with E-state index in [9.17, 15) is 0 Å². The third kappa shape index (κ3) is 4.81. The molecule has 0 aliphatic heterocycles. The summed E-state index contributed by atoms with van der Waals surface area (Å²) in [4.78, 5) is 2.40. The van der Waals surface area contributed by atoms with Crippen molar-refractivity contribution in [3.8, 4) is 22.3 Å². The fourth-order valence-electron chi connectivity index (χ4n) is 7.07. The van der Waals surface area contributed by atoms with Crippen LogP contribution in [0.5, 0.6) is 0 Å². The summed E-state index contributed by atoms with van der Waals surface area (Å²) < 4.78 is 0. The number of fused-ring (bicyclic) bond motifs is 6. The smallest absolute Gasteiger partial charge is 0.0540 e. The van der Waals surface area contributed by atoms with Gasteiger partial charge in [-0.3, -0.25) is 0 Å². The van der Waals surface area contributed by atoms with Crippen molar-refractivity contribution in [1.29, 1.82) is 0 Å². The number of hydrogen-bond acceptors (Lipinski definition) is 1. The Morgan fingerprint density at radius 3 is 1.51 bits per heavy atom. The lowest BCUT2D eigenvalue weighted by Gasteiger charge is -2.27. The normalized spacial score (nSPS) is 11.4. The van der Waals surface area contributed by atoms with Crippen molar-refractivity contribution >= 4 is 60.2 Å². The van der Waals surface area contributed by atoms with Crippen LogP contribution in [-0.2, 0) is 0 Å². The van der Waals surface area contributed by atoms with Crippen LogP contribution in [0.25, 0.3) is 65.3 Å². The van der Waals surface area contributed by atoms with Gasteiger partial charge < -0.3 is 4.90 Å². The van der Waals surface area contributed by atoms with Crippen molar-refractivity contribution in [2.75, 3.05) is 4.90 Å². The lowest BCUT2D eigenvalue weighted by Crippen LogP contribution is -2.10. The first-order chi connectivity index (χ1) is 23.3. The molecule has 0 amide bonds. The molecule has 1 nitrogen and oxygen atoms in total. The Bertz CT molecular complexity index is 2550. The first-order valence-electron chi connectivity index (χ1n) is 16.2. The number of benzene rings is 9. The fraction of sp³-hybridized carbons (Fsp3) is 0. The summed E-state index contributed by atoms with van der Waals surface area (Å²) in [7, 11) is 0. The predicted octanol–water partition coefficient (Wildman–Crippen LogP) is 13.1. The Hall–Kier alpha value is -6.18. The van der Waals surface area contributed by atoms with Gasteiger partial charge in [0.1, 0.15) is 0 Å². The van der Waals surface area contributed by atoms with Gasteiger partial charge >= 0.3 is 0 Å². The Morgan fingerprint density at radius 2 is 0.745 bits per heavy atom. The van der Waals surface area contributed by atoms with E-state index in [0.717, 1.165) is 17.1 Å². The molecule has 47 heavy (non-hydrogen) atoms. The topological polar surface area (TPSA) is 3.24 Å². The molecule has 0 aromatic heterocycles. The highest BCUT2D eigenvalue weighted by Crippen LogP contribution is 2.42. The number of hydrogen-bond donors (Lipinski definition) is 0. The third-order valence-corrected chi connectivity index (χ3v) is 9.44. The number of rotatable bonds is 5. The molecule has 0 heterocycles. The van der Waals surface area contributed by atoms with E-state index in [1.165, 1.54) is 65.3 Å². The van der Waals surface area contributed by atoms with Crippen LogP contribution in [0.4, 0.5) is 17.1 Å². The van der Waals surface area contributed by atoms with E-state index in [-0.39, 0.29) is 0 Å². The first-order valence-corrected chi connectivity index (χ1v) is 16.2. The molecule has 0 N–H and O–H groups in total. The molecule has 9 rings (SSSR count). The maximum absolute atomic E-state index is 2.40. The average Bonchev–Trinajstić information content (AvgIpc) is 3.15. The molecule has 0 spiro atoms. The number of nitrogens with zero attached hydrogens (tertiary/aromatic N) is 1. The molecule has 0 fully saturated rings. The summed E-state index contributed by atoms with van der Waals surface area (Å²) in [5, 5.41) is 10.1. The van der Waals surface area contributed by atoms with Crippen LogP contribution in [0.2, 0.25) is 0 Å². The Labute approximate surface area is 274 Å². The van der Waals surface area contributed by atoms with Gasteiger partial charge in [-0.2, -0.15) is 0 Å². The molecule has 0 saturated heterocycles. The summed E-state index contributed by atoms with van der Waals surface area (Å²) >= 11 is 0. The van der Waals surface area contributed by atoms with Gasteiger partial charge in [-0.05, 0) is 96.4 Å². The van der Waals surface area contributed by atoms with Crippen LogP contribution < -0.4 is 4.90 Å². The van der Waals surface area contributed by atoms with Crippen LogP contribution in [-0.4, -0.2) is 0 Å². The van der Waals surface area contributed by atoms with Gasteiger partial charge in [0.15, 0.2) is 0 Å². The molecule has 1 heteroatoms. The van der Waals surface area contributed by atoms with Gasteiger partial charge in [0, 0.05) is 16.8 Å². The van der Waals surface area contributed by atoms with Crippen molar-refractivity contribution in [3.63, 3.8) is 0 Å². The van der Waals surface area contributed by atoms with Crippen LogP contribution in [0.1, 0.15) is 0 Å². The zero-order valence-electron chi connectivity index (χ0n) is 25.8. The molecule has 0 atom stereocenters. The molecule has 9 aromatic rings. The van der Waals surface area contributed by atoms with E-state index in [2.05, 4.69) is 193 Å². The van der Waals surface area contributed by atoms with Crippen molar-refractivity contribution in [3.05, 3.63) is 188 Å². The van der Waals surface area contributed by atoms with E-state index in [1.54, 1.807) is 0 Å². The molecule has 0 bridgehead atoms. The summed E-state index contributed by atoms with van der Waals surface area (Å²) in [6, 6.07) is 68.3. The molecule has 0 saturated carbocycles. The Kier molecular flexibility index (Phi) is 6.54. The van der Waals surface area contributed by atoms with Crippen LogP contribution in [0.15, 0.2) is 188 Å². The van der Waals surface area contributed by atoms with Gasteiger partial charge in [0.25, 0.3) is 0 Å². The zero-order chi connectivity index (χ0) is 31.2. The fourth-order valence-corrected chi connectivity index (χ4v) is 7.07. The van der Waals surface area contributed by atoms with Crippen LogP contribution >= 0.6 is 0 Å². The SMILES string of the molecule is c1ccc(-c2ccc(N(c3ccc(-c4ccc5ccccc5c4)cc3)c3cccc4c3ccc3c5ccccc5ccc43)cc2)cc1. The van der Waals surface area contributed by atoms with Gasteiger partial charge in [-0.25, -0.2) is 0 Å². The van der Waals surface area contributed by atoms with Crippen LogP contribution in [0.3, 0.4) is 0 Å². The molecule has 0 unspecified atom stereocenters. The van der Waals surface area contributed by atoms with Crippen molar-refractivity contribution < 1.29 is 0 Å². The van der Waals surface area contributed by atoms with Gasteiger partial charge in [-0.1, -0.05) is 152 Å². The standard InChI is InChI=1S/C46H31N/c1-2-9-32(10-3-1)34-19-24-39(25-20-34)47(40-26-21-35(22-27-40)38-18-17-33-11-4-5-13-37(33)31-38)46-16-8-15-42-44-28-23-36-12-6-7-14-41(36)43(44)29-30-45(42)46/h1-31H. The largest absolute Gasteiger partial charge is 0.310 e. The minimum atomic E-state index is 1.12. The van der Waals surface area contributed by atoms with E-state index in [1.807, 2.05) is 0 Å². The predicted molar refractivity (Wildman–Crippen MR) is 202 cm³/mol. The second-order valence-electron chi connectivity index (χ2n) is 12.2. The third-order valence-electron chi connectivity index (χ3n) is 9.44. The second-order valence-corrected chi connectivity index (χ2v) is 12.2. The van der Waals surface area contributed by atoms with Gasteiger partial charge in [-0.15, -0.1) is 0 Å². The summed E-state index contributed by atoms with van der Waals surface area (Å²) in [6.07, 6.45) is 0. The first kappa shape index (κ1) is 27.2. The van der Waals surface area contributed by atoms with E-state index in [4.69, 9.17) is 0 Å². The molecule has 0 aliphatic carbocycles. The van der Waals surface area contributed by atoms with E-state index in [0.29, 0.717) is 0 Å². The monoisotopic (exact) mass is 597 g/mol. The molecule has 9 aromatic carbocycles. The molecular weight excluding hydrogens is 567 g/mol. The van der Waals surface area contributed by atoms with E-state index < -0.39 is 0 Å². The van der Waals surface area contributed by atoms with Crippen molar-refractivity contribution in [2.24, 2.45) is 0 Å². The minimum absolute atomic E-state index is 1.12. The molecule has 0 radical (unpaired) electrons. The zero-order valence-corrected chi connectivity index (χ0v) is 25.8. The molecule has 220 valence electrons. The van der Waals surface area contributed by atoms with Crippen molar-refractivity contribution in [2.45, 2.75) is 0 Å². The lowest BCUT2D eigenvalue weighted by atomic mass is 9.96. The second kappa shape index (κ2) is 11.3. The van der Waals surface area contributed by atoms with Crippen LogP contribution in [0, 0.1) is 0 Å². The maximum atomic E-state index is 2.40. The Balaban J connectivity index is 1.20.